The fourth-order valence-corrected chi connectivity index (χ4v) is 1.32. The number of carboxylic acid groups (broad SMARTS) is 2. The Kier molecular flexibility index (Phi) is 4.09. The van der Waals surface area contributed by atoms with Crippen LogP contribution in [0, 0.1) is 5.41 Å². The van der Waals surface area contributed by atoms with E-state index in [1.54, 1.807) is 0 Å². The zero-order valence-electron chi connectivity index (χ0n) is 9.67. The molecule has 1 amide bonds. The van der Waals surface area contributed by atoms with Crippen LogP contribution in [-0.2, 0) is 9.59 Å². The van der Waals surface area contributed by atoms with Crippen LogP contribution < -0.4 is 5.32 Å². The Morgan fingerprint density at radius 3 is 2.50 bits per heavy atom. The highest BCUT2D eigenvalue weighted by molar-refractivity contribution is 5.92. The third-order valence-electron chi connectivity index (χ3n) is 2.44. The summed E-state index contributed by atoms with van der Waals surface area (Å²) in [5, 5.41) is 20.0. The van der Waals surface area contributed by atoms with E-state index in [2.05, 4.69) is 5.32 Å². The fourth-order valence-electron chi connectivity index (χ4n) is 1.32. The van der Waals surface area contributed by atoms with Crippen molar-refractivity contribution in [2.24, 2.45) is 5.41 Å². The Morgan fingerprint density at radius 1 is 1.39 bits per heavy atom. The molecule has 1 aromatic rings. The summed E-state index contributed by atoms with van der Waals surface area (Å²) >= 11 is 0. The molecule has 18 heavy (non-hydrogen) atoms. The monoisotopic (exact) mass is 255 g/mol. The smallest absolute Gasteiger partial charge is 0.311 e. The molecule has 1 atom stereocenters. The number of carbonyl (C=O) groups is 3. The average Bonchev–Trinajstić information content (AvgIpc) is 2.78. The Bertz CT molecular complexity index is 452. The molecule has 0 radical (unpaired) electrons. The lowest BCUT2D eigenvalue weighted by Gasteiger charge is -2.22. The molecular weight excluding hydrogens is 242 g/mol. The first-order valence-electron chi connectivity index (χ1n) is 5.12. The van der Waals surface area contributed by atoms with Gasteiger partial charge in [0.25, 0.3) is 5.91 Å². The number of carboxylic acids is 2. The Labute approximate surface area is 102 Å². The van der Waals surface area contributed by atoms with Gasteiger partial charge in [-0.2, -0.15) is 0 Å². The third-order valence-corrected chi connectivity index (χ3v) is 2.44. The van der Waals surface area contributed by atoms with E-state index in [-0.39, 0.29) is 12.3 Å². The van der Waals surface area contributed by atoms with E-state index in [0.29, 0.717) is 0 Å². The molecule has 1 heterocycles. The third kappa shape index (κ3) is 3.34. The lowest BCUT2D eigenvalue weighted by Crippen LogP contribution is -2.42. The molecule has 1 unspecified atom stereocenters. The molecule has 0 aromatic carbocycles. The molecule has 0 saturated heterocycles. The van der Waals surface area contributed by atoms with E-state index in [1.165, 1.54) is 25.3 Å². The lowest BCUT2D eigenvalue weighted by atomic mass is 9.87. The Morgan fingerprint density at radius 2 is 2.06 bits per heavy atom. The number of amides is 1. The zero-order valence-corrected chi connectivity index (χ0v) is 9.67. The highest BCUT2D eigenvalue weighted by Crippen LogP contribution is 2.20. The van der Waals surface area contributed by atoms with Crippen LogP contribution >= 0.6 is 0 Å². The van der Waals surface area contributed by atoms with Gasteiger partial charge in [0.05, 0.1) is 18.1 Å². The largest absolute Gasteiger partial charge is 0.481 e. The van der Waals surface area contributed by atoms with Gasteiger partial charge in [-0.1, -0.05) is 0 Å². The molecular formula is C11H13NO6. The van der Waals surface area contributed by atoms with Crippen LogP contribution in [0.15, 0.2) is 22.8 Å². The maximum Gasteiger partial charge on any atom is 0.311 e. The second-order valence-electron chi connectivity index (χ2n) is 4.10. The summed E-state index contributed by atoms with van der Waals surface area (Å²) in [4.78, 5) is 33.1. The molecule has 3 N–H and O–H groups in total. The van der Waals surface area contributed by atoms with E-state index in [1.807, 2.05) is 0 Å². The van der Waals surface area contributed by atoms with Crippen LogP contribution in [0.25, 0.3) is 0 Å². The minimum Gasteiger partial charge on any atom is -0.481 e. The second-order valence-corrected chi connectivity index (χ2v) is 4.10. The molecule has 0 saturated carbocycles. The topological polar surface area (TPSA) is 117 Å². The maximum atomic E-state index is 11.5. The van der Waals surface area contributed by atoms with Crippen LogP contribution in [-0.4, -0.2) is 34.6 Å². The molecule has 1 rings (SSSR count). The summed E-state index contributed by atoms with van der Waals surface area (Å²) < 4.78 is 4.83. The predicted octanol–water partition coefficient (Wildman–Crippen LogP) is 0.575. The number of furan rings is 1. The van der Waals surface area contributed by atoms with E-state index in [0.717, 1.165) is 0 Å². The number of nitrogens with one attached hydrogen (secondary N) is 1. The molecule has 0 aliphatic rings. The van der Waals surface area contributed by atoms with Crippen LogP contribution in [0.1, 0.15) is 23.9 Å². The number of hydrogen-bond acceptors (Lipinski definition) is 4. The average molecular weight is 255 g/mol. The van der Waals surface area contributed by atoms with Gasteiger partial charge >= 0.3 is 11.9 Å². The first-order valence-corrected chi connectivity index (χ1v) is 5.12. The van der Waals surface area contributed by atoms with Gasteiger partial charge < -0.3 is 19.9 Å². The summed E-state index contributed by atoms with van der Waals surface area (Å²) in [7, 11) is 0. The summed E-state index contributed by atoms with van der Waals surface area (Å²) in [5.74, 6) is -3.08. The van der Waals surface area contributed by atoms with Crippen LogP contribution in [0.2, 0.25) is 0 Å². The first-order chi connectivity index (χ1) is 8.35. The molecule has 0 spiro atoms. The molecule has 0 aliphatic carbocycles. The lowest BCUT2D eigenvalue weighted by molar-refractivity contribution is -0.154. The van der Waals surface area contributed by atoms with Crippen LogP contribution in [0.5, 0.6) is 0 Å². The minimum atomic E-state index is -1.56. The number of carbonyl (C=O) groups excluding carboxylic acids is 1. The van der Waals surface area contributed by atoms with Gasteiger partial charge in [0, 0.05) is 6.54 Å². The molecule has 1 aromatic heterocycles. The summed E-state index contributed by atoms with van der Waals surface area (Å²) in [6.07, 6.45) is 0.726. The zero-order chi connectivity index (χ0) is 13.8. The highest BCUT2D eigenvalue weighted by Gasteiger charge is 2.36. The van der Waals surface area contributed by atoms with Crippen molar-refractivity contribution in [1.29, 1.82) is 0 Å². The van der Waals surface area contributed by atoms with E-state index in [9.17, 15) is 14.4 Å². The van der Waals surface area contributed by atoms with Gasteiger partial charge in [-0.15, -0.1) is 0 Å². The Balaban J connectivity index is 2.66. The van der Waals surface area contributed by atoms with Crippen molar-refractivity contribution < 1.29 is 29.0 Å². The molecule has 0 bridgehead atoms. The Hall–Kier alpha value is -2.31. The van der Waals surface area contributed by atoms with Gasteiger partial charge in [0.2, 0.25) is 0 Å². The first kappa shape index (κ1) is 13.8. The van der Waals surface area contributed by atoms with E-state index in [4.69, 9.17) is 14.6 Å². The number of rotatable bonds is 6. The van der Waals surface area contributed by atoms with Crippen LogP contribution in [0.4, 0.5) is 0 Å². The fraction of sp³-hybridized carbons (Fsp3) is 0.364. The highest BCUT2D eigenvalue weighted by atomic mass is 16.4. The summed E-state index contributed by atoms with van der Waals surface area (Å²) in [6.45, 7) is 0.958. The number of hydrogen-bond donors (Lipinski definition) is 3. The van der Waals surface area contributed by atoms with Gasteiger partial charge in [-0.05, 0) is 19.1 Å². The summed E-state index contributed by atoms with van der Waals surface area (Å²) in [5.41, 5.74) is -1.56. The van der Waals surface area contributed by atoms with E-state index < -0.39 is 29.7 Å². The number of aliphatic carboxylic acids is 2. The molecule has 7 heteroatoms. The minimum absolute atomic E-state index is 0.0399. The van der Waals surface area contributed by atoms with Crippen molar-refractivity contribution in [2.45, 2.75) is 13.3 Å². The van der Waals surface area contributed by atoms with Crippen molar-refractivity contribution in [3.8, 4) is 0 Å². The molecule has 7 nitrogen and oxygen atoms in total. The summed E-state index contributed by atoms with van der Waals surface area (Å²) in [6, 6.07) is 2.94. The van der Waals surface area contributed by atoms with Crippen molar-refractivity contribution >= 4 is 17.8 Å². The molecule has 0 aliphatic heterocycles. The normalized spacial score (nSPS) is 13.6. The maximum absolute atomic E-state index is 11.5. The molecule has 98 valence electrons. The van der Waals surface area contributed by atoms with Crippen molar-refractivity contribution in [3.05, 3.63) is 24.2 Å². The predicted molar refractivity (Wildman–Crippen MR) is 59.0 cm³/mol. The van der Waals surface area contributed by atoms with Gasteiger partial charge in [-0.25, -0.2) is 0 Å². The SMILES string of the molecule is CC(CNC(=O)c1ccco1)(CC(=O)O)C(=O)O. The van der Waals surface area contributed by atoms with Crippen molar-refractivity contribution in [3.63, 3.8) is 0 Å². The van der Waals surface area contributed by atoms with Crippen LogP contribution in [0.3, 0.4) is 0 Å². The quantitative estimate of drug-likeness (QED) is 0.684. The van der Waals surface area contributed by atoms with Crippen molar-refractivity contribution in [2.75, 3.05) is 6.54 Å². The van der Waals surface area contributed by atoms with E-state index >= 15 is 0 Å². The van der Waals surface area contributed by atoms with Gasteiger partial charge in [-0.3, -0.25) is 14.4 Å². The van der Waals surface area contributed by atoms with Gasteiger partial charge in [0.1, 0.15) is 0 Å². The molecule has 0 fully saturated rings. The standard InChI is InChI=1S/C11H13NO6/c1-11(10(16)17,5-8(13)14)6-12-9(15)7-3-2-4-18-7/h2-4H,5-6H2,1H3,(H,12,15)(H,13,14)(H,16,17). The second kappa shape index (κ2) is 5.35. The van der Waals surface area contributed by atoms with Gasteiger partial charge in [0.15, 0.2) is 5.76 Å². The van der Waals surface area contributed by atoms with Crippen molar-refractivity contribution in [1.82, 2.24) is 5.32 Å².